The molecule has 3 nitrogen and oxygen atoms in total. The molecule has 0 radical (unpaired) electrons. The van der Waals surface area contributed by atoms with E-state index in [4.69, 9.17) is 5.73 Å². The van der Waals surface area contributed by atoms with Gasteiger partial charge in [0.1, 0.15) is 5.41 Å². The molecule has 1 heterocycles. The minimum absolute atomic E-state index is 0. The molecule has 7 heteroatoms. The summed E-state index contributed by atoms with van der Waals surface area (Å²) in [7, 11) is 0. The first-order valence-corrected chi connectivity index (χ1v) is 4.98. The van der Waals surface area contributed by atoms with E-state index in [0.717, 1.165) is 0 Å². The molecule has 0 aromatic carbocycles. The highest BCUT2D eigenvalue weighted by Crippen LogP contribution is 2.58. The zero-order valence-electron chi connectivity index (χ0n) is 8.59. The van der Waals surface area contributed by atoms with Gasteiger partial charge in [-0.15, -0.1) is 12.4 Å². The highest BCUT2D eigenvalue weighted by atomic mass is 35.5. The Morgan fingerprint density at radius 3 is 2.25 bits per heavy atom. The van der Waals surface area contributed by atoms with Crippen LogP contribution in [0.2, 0.25) is 0 Å². The third kappa shape index (κ3) is 2.00. The van der Waals surface area contributed by atoms with Gasteiger partial charge in [-0.2, -0.15) is 13.2 Å². The van der Waals surface area contributed by atoms with Gasteiger partial charge in [0.25, 0.3) is 0 Å². The van der Waals surface area contributed by atoms with E-state index < -0.39 is 17.5 Å². The van der Waals surface area contributed by atoms with Crippen LogP contribution in [0.25, 0.3) is 0 Å². The van der Waals surface area contributed by atoms with Crippen LogP contribution in [0.4, 0.5) is 13.2 Å². The van der Waals surface area contributed by atoms with E-state index in [1.165, 1.54) is 4.90 Å². The largest absolute Gasteiger partial charge is 0.403 e. The highest BCUT2D eigenvalue weighted by molar-refractivity contribution is 5.86. The quantitative estimate of drug-likeness (QED) is 0.771. The molecule has 1 saturated carbocycles. The first kappa shape index (κ1) is 13.6. The molecule has 0 unspecified atom stereocenters. The number of nitrogens with zero attached hydrogens (tertiary/aromatic N) is 1. The normalized spacial score (nSPS) is 27.5. The zero-order chi connectivity index (χ0) is 11.3. The third-order valence-corrected chi connectivity index (χ3v) is 3.21. The lowest BCUT2D eigenvalue weighted by Gasteiger charge is -2.24. The van der Waals surface area contributed by atoms with Crippen LogP contribution in [-0.2, 0) is 4.79 Å². The summed E-state index contributed by atoms with van der Waals surface area (Å²) in [5, 5.41) is 0. The van der Waals surface area contributed by atoms with Crippen molar-refractivity contribution >= 4 is 18.3 Å². The van der Waals surface area contributed by atoms with Gasteiger partial charge < -0.3 is 10.6 Å². The molecule has 94 valence electrons. The van der Waals surface area contributed by atoms with Gasteiger partial charge in [-0.25, -0.2) is 0 Å². The lowest BCUT2D eigenvalue weighted by molar-refractivity contribution is -0.197. The van der Waals surface area contributed by atoms with Gasteiger partial charge in [0.15, 0.2) is 0 Å². The van der Waals surface area contributed by atoms with Crippen molar-refractivity contribution in [2.45, 2.75) is 31.5 Å². The minimum atomic E-state index is -4.41. The standard InChI is InChI=1S/C9H13F3N2O.ClH/c10-9(11,12)8(2-3-8)7(15)14-4-1-6(13)5-14;/h6H,1-5,13H2;1H/t6-;/m0./s1. The van der Waals surface area contributed by atoms with Crippen LogP contribution < -0.4 is 5.73 Å². The number of alkyl halides is 3. The van der Waals surface area contributed by atoms with Crippen molar-refractivity contribution in [3.05, 3.63) is 0 Å². The van der Waals surface area contributed by atoms with Crippen molar-refractivity contribution in [1.82, 2.24) is 4.90 Å². The molecule has 16 heavy (non-hydrogen) atoms. The molecule has 2 fully saturated rings. The summed E-state index contributed by atoms with van der Waals surface area (Å²) in [5.41, 5.74) is 3.49. The maximum Gasteiger partial charge on any atom is 0.403 e. The summed E-state index contributed by atoms with van der Waals surface area (Å²) >= 11 is 0. The van der Waals surface area contributed by atoms with Crippen LogP contribution in [0.1, 0.15) is 19.3 Å². The van der Waals surface area contributed by atoms with Gasteiger partial charge in [-0.1, -0.05) is 0 Å². The number of carbonyl (C=O) groups excluding carboxylic acids is 1. The molecular formula is C9H14ClF3N2O. The molecule has 2 rings (SSSR count). The van der Waals surface area contributed by atoms with Gasteiger partial charge >= 0.3 is 6.18 Å². The molecular weight excluding hydrogens is 245 g/mol. The van der Waals surface area contributed by atoms with Gasteiger partial charge in [-0.05, 0) is 19.3 Å². The van der Waals surface area contributed by atoms with Crippen LogP contribution in [0.5, 0.6) is 0 Å². The van der Waals surface area contributed by atoms with Crippen LogP contribution in [0.3, 0.4) is 0 Å². The molecule has 1 aliphatic carbocycles. The Kier molecular flexibility index (Phi) is 3.45. The second-order valence-electron chi connectivity index (χ2n) is 4.38. The van der Waals surface area contributed by atoms with Crippen molar-refractivity contribution in [3.63, 3.8) is 0 Å². The zero-order valence-corrected chi connectivity index (χ0v) is 9.40. The summed E-state index contributed by atoms with van der Waals surface area (Å²) < 4.78 is 37.9. The molecule has 0 spiro atoms. The molecule has 1 aliphatic heterocycles. The van der Waals surface area contributed by atoms with Crippen molar-refractivity contribution in [2.75, 3.05) is 13.1 Å². The second-order valence-corrected chi connectivity index (χ2v) is 4.38. The SMILES string of the molecule is Cl.N[C@H]1CCN(C(=O)C2(C(F)(F)F)CC2)C1. The van der Waals surface area contributed by atoms with E-state index >= 15 is 0 Å². The van der Waals surface area contributed by atoms with E-state index in [2.05, 4.69) is 0 Å². The smallest absolute Gasteiger partial charge is 0.340 e. The maximum atomic E-state index is 12.6. The van der Waals surface area contributed by atoms with Crippen molar-refractivity contribution in [3.8, 4) is 0 Å². The fourth-order valence-corrected chi connectivity index (χ4v) is 2.02. The maximum absolute atomic E-state index is 12.6. The van der Waals surface area contributed by atoms with Crippen LogP contribution in [0.15, 0.2) is 0 Å². The lowest BCUT2D eigenvalue weighted by atomic mass is 10.1. The molecule has 0 bridgehead atoms. The van der Waals surface area contributed by atoms with Crippen LogP contribution >= 0.6 is 12.4 Å². The fraction of sp³-hybridized carbons (Fsp3) is 0.889. The van der Waals surface area contributed by atoms with E-state index in [0.29, 0.717) is 13.0 Å². The van der Waals surface area contributed by atoms with Gasteiger partial charge in [0, 0.05) is 19.1 Å². The second kappa shape index (κ2) is 4.07. The molecule has 2 aliphatic rings. The molecule has 0 aromatic heterocycles. The predicted octanol–water partition coefficient (Wildman–Crippen LogP) is 1.31. The third-order valence-electron chi connectivity index (χ3n) is 3.21. The average molecular weight is 259 g/mol. The summed E-state index contributed by atoms with van der Waals surface area (Å²) in [6, 6.07) is -0.169. The van der Waals surface area contributed by atoms with E-state index in [1.54, 1.807) is 0 Å². The van der Waals surface area contributed by atoms with Crippen molar-refractivity contribution in [2.24, 2.45) is 11.1 Å². The summed E-state index contributed by atoms with van der Waals surface area (Å²) in [6.45, 7) is 0.620. The van der Waals surface area contributed by atoms with E-state index in [1.807, 2.05) is 0 Å². The number of hydrogen-bond donors (Lipinski definition) is 1. The number of halogens is 4. The van der Waals surface area contributed by atoms with Crippen molar-refractivity contribution in [1.29, 1.82) is 0 Å². The molecule has 1 saturated heterocycles. The minimum Gasteiger partial charge on any atom is -0.340 e. The highest BCUT2D eigenvalue weighted by Gasteiger charge is 2.69. The average Bonchev–Trinajstić information content (AvgIpc) is 2.83. The summed E-state index contributed by atoms with van der Waals surface area (Å²) in [4.78, 5) is 12.9. The van der Waals surface area contributed by atoms with Crippen molar-refractivity contribution < 1.29 is 18.0 Å². The monoisotopic (exact) mass is 258 g/mol. The van der Waals surface area contributed by atoms with Gasteiger partial charge in [0.05, 0.1) is 0 Å². The van der Waals surface area contributed by atoms with Crippen LogP contribution in [0, 0.1) is 5.41 Å². The lowest BCUT2D eigenvalue weighted by Crippen LogP contribution is -2.43. The number of amides is 1. The summed E-state index contributed by atoms with van der Waals surface area (Å²) in [5.74, 6) is -0.775. The Bertz CT molecular complexity index is 291. The number of rotatable bonds is 1. The first-order chi connectivity index (χ1) is 6.87. The Morgan fingerprint density at radius 1 is 1.38 bits per heavy atom. The topological polar surface area (TPSA) is 46.3 Å². The molecule has 2 N–H and O–H groups in total. The first-order valence-electron chi connectivity index (χ1n) is 4.98. The van der Waals surface area contributed by atoms with E-state index in [9.17, 15) is 18.0 Å². The van der Waals surface area contributed by atoms with E-state index in [-0.39, 0.29) is 37.8 Å². The molecule has 1 amide bonds. The molecule has 0 aromatic rings. The Hall–Kier alpha value is -0.490. The Balaban J connectivity index is 0.00000128. The van der Waals surface area contributed by atoms with Gasteiger partial charge in [0.2, 0.25) is 5.91 Å². The number of likely N-dealkylation sites (tertiary alicyclic amines) is 1. The summed E-state index contributed by atoms with van der Waals surface area (Å²) in [6.07, 6.45) is -3.95. The fourth-order valence-electron chi connectivity index (χ4n) is 2.02. The Morgan fingerprint density at radius 2 is 1.94 bits per heavy atom. The number of hydrogen-bond acceptors (Lipinski definition) is 2. The number of carbonyl (C=O) groups is 1. The predicted molar refractivity (Wildman–Crippen MR) is 54.1 cm³/mol. The van der Waals surface area contributed by atoms with Crippen LogP contribution in [-0.4, -0.2) is 36.1 Å². The van der Waals surface area contributed by atoms with Gasteiger partial charge in [-0.3, -0.25) is 4.79 Å². The molecule has 1 atom stereocenters. The number of nitrogens with two attached hydrogens (primary N) is 1. The Labute approximate surface area is 97.6 Å².